The molecule has 0 saturated carbocycles. The van der Waals surface area contributed by atoms with Crippen LogP contribution in [0.25, 0.3) is 49.7 Å². The van der Waals surface area contributed by atoms with Gasteiger partial charge in [0.1, 0.15) is 0 Å². The molecule has 0 fully saturated rings. The predicted molar refractivity (Wildman–Crippen MR) is 226 cm³/mol. The molecule has 1 unspecified atom stereocenters. The summed E-state index contributed by atoms with van der Waals surface area (Å²) in [5.41, 5.74) is 14.5. The van der Waals surface area contributed by atoms with E-state index in [4.69, 9.17) is 0 Å². The van der Waals surface area contributed by atoms with Gasteiger partial charge in [-0.1, -0.05) is 182 Å². The average Bonchev–Trinajstić information content (AvgIpc) is 3.25. The van der Waals surface area contributed by atoms with Gasteiger partial charge in [-0.15, -0.1) is 0 Å². The van der Waals surface area contributed by atoms with E-state index in [1.807, 2.05) is 0 Å². The number of nitrogens with zero attached hydrogens (tertiary/aromatic N) is 1. The van der Waals surface area contributed by atoms with Crippen LogP contribution in [0.3, 0.4) is 0 Å². The number of allylic oxidation sites excluding steroid dienone is 4. The Morgan fingerprint density at radius 2 is 0.962 bits per heavy atom. The fourth-order valence-electron chi connectivity index (χ4n) is 7.69. The maximum Gasteiger partial charge on any atom is 0.0468 e. The molecule has 8 aromatic carbocycles. The topological polar surface area (TPSA) is 3.24 Å². The summed E-state index contributed by atoms with van der Waals surface area (Å²) in [6, 6.07) is 72.4. The van der Waals surface area contributed by atoms with Crippen molar-refractivity contribution >= 4 is 33.4 Å². The summed E-state index contributed by atoms with van der Waals surface area (Å²) in [4.78, 5) is 2.38. The van der Waals surface area contributed by atoms with E-state index < -0.39 is 0 Å². The molecule has 0 aromatic heterocycles. The van der Waals surface area contributed by atoms with E-state index in [1.165, 1.54) is 60.9 Å². The molecule has 1 nitrogen and oxygen atoms in total. The molecule has 1 aliphatic rings. The molecule has 0 radical (unpaired) electrons. The minimum atomic E-state index is 0.421. The fourth-order valence-corrected chi connectivity index (χ4v) is 7.69. The van der Waals surface area contributed by atoms with Gasteiger partial charge < -0.3 is 4.90 Å². The summed E-state index contributed by atoms with van der Waals surface area (Å²) in [5, 5.41) is 2.50. The molecule has 252 valence electrons. The van der Waals surface area contributed by atoms with E-state index in [9.17, 15) is 0 Å². The van der Waals surface area contributed by atoms with Gasteiger partial charge in [0.15, 0.2) is 0 Å². The van der Waals surface area contributed by atoms with Crippen LogP contribution in [-0.4, -0.2) is 0 Å². The van der Waals surface area contributed by atoms with Gasteiger partial charge in [0.05, 0.1) is 0 Å². The molecule has 0 spiro atoms. The van der Waals surface area contributed by atoms with E-state index in [-0.39, 0.29) is 0 Å². The van der Waals surface area contributed by atoms with Gasteiger partial charge in [-0.3, -0.25) is 0 Å². The summed E-state index contributed by atoms with van der Waals surface area (Å²) in [6.07, 6.45) is 8.02. The highest BCUT2D eigenvalue weighted by Crippen LogP contribution is 2.43. The van der Waals surface area contributed by atoms with Gasteiger partial charge in [0, 0.05) is 23.0 Å². The van der Waals surface area contributed by atoms with Crippen molar-refractivity contribution in [2.45, 2.75) is 12.3 Å². The molecule has 0 N–H and O–H groups in total. The number of rotatable bonds is 8. The second-order valence-electron chi connectivity index (χ2n) is 13.7. The number of anilines is 3. The van der Waals surface area contributed by atoms with Gasteiger partial charge >= 0.3 is 0 Å². The summed E-state index contributed by atoms with van der Waals surface area (Å²) in [5.74, 6) is 0.421. The average molecular weight is 678 g/mol. The third-order valence-electron chi connectivity index (χ3n) is 10.4. The van der Waals surface area contributed by atoms with Crippen molar-refractivity contribution in [2.75, 3.05) is 4.90 Å². The maximum atomic E-state index is 2.38. The van der Waals surface area contributed by atoms with Crippen LogP contribution in [0.15, 0.2) is 218 Å². The Morgan fingerprint density at radius 3 is 1.64 bits per heavy atom. The molecule has 0 bridgehead atoms. The molecule has 0 amide bonds. The molecule has 9 rings (SSSR count). The summed E-state index contributed by atoms with van der Waals surface area (Å²) < 4.78 is 0. The summed E-state index contributed by atoms with van der Waals surface area (Å²) in [7, 11) is 0. The fraction of sp³-hybridized carbons (Fsp3) is 0.0385. The van der Waals surface area contributed by atoms with Crippen molar-refractivity contribution in [1.29, 1.82) is 0 Å². The zero-order valence-corrected chi connectivity index (χ0v) is 29.5. The van der Waals surface area contributed by atoms with Crippen molar-refractivity contribution in [3.63, 3.8) is 0 Å². The Hall–Kier alpha value is -6.70. The van der Waals surface area contributed by atoms with E-state index in [0.717, 1.165) is 23.5 Å². The zero-order valence-electron chi connectivity index (χ0n) is 29.5. The molecule has 1 heteroatoms. The molecule has 0 saturated heterocycles. The maximum absolute atomic E-state index is 2.38. The van der Waals surface area contributed by atoms with E-state index in [1.54, 1.807) is 0 Å². The van der Waals surface area contributed by atoms with Crippen LogP contribution in [0.1, 0.15) is 23.5 Å². The smallest absolute Gasteiger partial charge is 0.0468 e. The van der Waals surface area contributed by atoms with Gasteiger partial charge in [-0.2, -0.15) is 0 Å². The Kier molecular flexibility index (Phi) is 8.82. The van der Waals surface area contributed by atoms with Crippen LogP contribution in [0.5, 0.6) is 0 Å². The Balaban J connectivity index is 1.13. The van der Waals surface area contributed by atoms with E-state index in [2.05, 4.69) is 223 Å². The molecular formula is C52H39N. The van der Waals surface area contributed by atoms with E-state index >= 15 is 0 Å². The number of fused-ring (bicyclic) bond motifs is 1. The first-order chi connectivity index (χ1) is 26.3. The van der Waals surface area contributed by atoms with Crippen molar-refractivity contribution in [2.24, 2.45) is 0 Å². The lowest BCUT2D eigenvalue weighted by Crippen LogP contribution is -2.10. The molecule has 0 aliphatic heterocycles. The number of hydrogen-bond donors (Lipinski definition) is 0. The van der Waals surface area contributed by atoms with Crippen LogP contribution < -0.4 is 4.90 Å². The van der Waals surface area contributed by atoms with Crippen molar-refractivity contribution in [1.82, 2.24) is 0 Å². The summed E-state index contributed by atoms with van der Waals surface area (Å²) >= 11 is 0. The summed E-state index contributed by atoms with van der Waals surface area (Å²) in [6.45, 7) is 0. The van der Waals surface area contributed by atoms with Crippen LogP contribution in [0, 0.1) is 0 Å². The lowest BCUT2D eigenvalue weighted by atomic mass is 9.88. The van der Waals surface area contributed by atoms with Crippen molar-refractivity contribution in [3.8, 4) is 33.4 Å². The van der Waals surface area contributed by atoms with Gasteiger partial charge in [-0.05, 0) is 104 Å². The largest absolute Gasteiger partial charge is 0.310 e. The molecule has 1 aliphatic carbocycles. The first-order valence-electron chi connectivity index (χ1n) is 18.5. The highest BCUT2D eigenvalue weighted by molar-refractivity contribution is 6.01. The first kappa shape index (κ1) is 32.2. The lowest BCUT2D eigenvalue weighted by molar-refractivity contribution is 0.856. The molecule has 1 atom stereocenters. The van der Waals surface area contributed by atoms with Crippen LogP contribution >= 0.6 is 0 Å². The van der Waals surface area contributed by atoms with Gasteiger partial charge in [0.25, 0.3) is 0 Å². The molecule has 53 heavy (non-hydrogen) atoms. The Bertz CT molecular complexity index is 2540. The number of benzene rings is 8. The first-order valence-corrected chi connectivity index (χ1v) is 18.5. The lowest BCUT2D eigenvalue weighted by Gasteiger charge is -2.27. The highest BCUT2D eigenvalue weighted by Gasteiger charge is 2.18. The Labute approximate surface area is 312 Å². The Morgan fingerprint density at radius 1 is 0.396 bits per heavy atom. The number of hydrogen-bond acceptors (Lipinski definition) is 1. The van der Waals surface area contributed by atoms with Crippen molar-refractivity contribution in [3.05, 3.63) is 230 Å². The highest BCUT2D eigenvalue weighted by atomic mass is 15.1. The second-order valence-corrected chi connectivity index (χ2v) is 13.7. The quantitative estimate of drug-likeness (QED) is 0.155. The second kappa shape index (κ2) is 14.5. The van der Waals surface area contributed by atoms with Gasteiger partial charge in [-0.25, -0.2) is 0 Å². The minimum Gasteiger partial charge on any atom is -0.310 e. The normalized spacial score (nSPS) is 13.8. The predicted octanol–water partition coefficient (Wildman–Crippen LogP) is 14.4. The van der Waals surface area contributed by atoms with Gasteiger partial charge in [0.2, 0.25) is 0 Å². The molecule has 8 aromatic rings. The zero-order chi connectivity index (χ0) is 35.4. The van der Waals surface area contributed by atoms with Crippen LogP contribution in [0.4, 0.5) is 17.1 Å². The van der Waals surface area contributed by atoms with Crippen LogP contribution in [0.2, 0.25) is 0 Å². The third-order valence-corrected chi connectivity index (χ3v) is 10.4. The molecular weight excluding hydrogens is 639 g/mol. The standard InChI is InChI=1S/C52H39N/c1-4-13-38(14-5-1)40-23-25-41(26-24-40)43-29-33-47(34-30-43)53(46-31-27-42(28-32-46)39-15-6-2-7-16-39)48-35-36-51(52(37-48)45-17-8-3-9-18-45)50-22-12-20-44-19-10-11-21-49(44)50/h1-23,25-37,40H,24H2. The third kappa shape index (κ3) is 6.62. The minimum absolute atomic E-state index is 0.421. The monoisotopic (exact) mass is 677 g/mol. The molecule has 0 heterocycles. The van der Waals surface area contributed by atoms with Crippen LogP contribution in [-0.2, 0) is 0 Å². The SMILES string of the molecule is C1=CC(c2ccccc2)CC=C1c1ccc(N(c2ccc(-c3ccccc3)cc2)c2ccc(-c3cccc4ccccc34)c(-c3ccccc3)c2)cc1. The van der Waals surface area contributed by atoms with Crippen molar-refractivity contribution < 1.29 is 0 Å². The van der Waals surface area contributed by atoms with E-state index in [0.29, 0.717) is 5.92 Å².